The van der Waals surface area contributed by atoms with Crippen LogP contribution in [0.4, 0.5) is 0 Å². The number of piperidine rings is 1. The zero-order chi connectivity index (χ0) is 13.4. The lowest BCUT2D eigenvalue weighted by Crippen LogP contribution is -2.35. The van der Waals surface area contributed by atoms with Crippen LogP contribution in [0.25, 0.3) is 0 Å². The molecule has 0 aromatic heterocycles. The molecular formula is C14H25N3O. The van der Waals surface area contributed by atoms with E-state index in [0.717, 1.165) is 19.5 Å². The third-order valence-corrected chi connectivity index (χ3v) is 3.67. The number of hydrogen-bond acceptors (Lipinski definition) is 3. The zero-order valence-electron chi connectivity index (χ0n) is 11.6. The summed E-state index contributed by atoms with van der Waals surface area (Å²) in [5.41, 5.74) is 0. The van der Waals surface area contributed by atoms with E-state index >= 15 is 0 Å². The number of nitriles is 1. The molecule has 1 amide bonds. The highest BCUT2D eigenvalue weighted by Crippen LogP contribution is 2.18. The number of nitrogens with one attached hydrogen (secondary N) is 1. The summed E-state index contributed by atoms with van der Waals surface area (Å²) in [5.74, 6) is 0.827. The first-order valence-corrected chi connectivity index (χ1v) is 7.05. The van der Waals surface area contributed by atoms with Crippen LogP contribution < -0.4 is 5.32 Å². The van der Waals surface area contributed by atoms with Crippen molar-refractivity contribution in [2.45, 2.75) is 39.5 Å². The molecule has 0 aromatic rings. The molecule has 1 atom stereocenters. The highest BCUT2D eigenvalue weighted by molar-refractivity contribution is 5.76. The van der Waals surface area contributed by atoms with Gasteiger partial charge in [0.2, 0.25) is 5.91 Å². The van der Waals surface area contributed by atoms with Gasteiger partial charge >= 0.3 is 0 Å². The monoisotopic (exact) mass is 251 g/mol. The standard InChI is InChI=1S/C14H25N3O/c1-3-17(11-12(2)10-15)14(18)5-4-13-6-8-16-9-7-13/h12-13,16H,3-9,11H2,1-2H3. The van der Waals surface area contributed by atoms with E-state index in [1.807, 2.05) is 18.7 Å². The number of nitrogens with zero attached hydrogens (tertiary/aromatic N) is 2. The largest absolute Gasteiger partial charge is 0.342 e. The lowest BCUT2D eigenvalue weighted by molar-refractivity contribution is -0.131. The smallest absolute Gasteiger partial charge is 0.222 e. The Kier molecular flexibility index (Phi) is 6.74. The molecule has 0 spiro atoms. The van der Waals surface area contributed by atoms with Crippen molar-refractivity contribution in [3.05, 3.63) is 0 Å². The van der Waals surface area contributed by atoms with E-state index in [2.05, 4.69) is 11.4 Å². The SMILES string of the molecule is CCN(CC(C)C#N)C(=O)CCC1CCNCC1. The molecule has 1 saturated heterocycles. The van der Waals surface area contributed by atoms with Crippen molar-refractivity contribution in [2.24, 2.45) is 11.8 Å². The first-order chi connectivity index (χ1) is 8.67. The van der Waals surface area contributed by atoms with Crippen molar-refractivity contribution in [1.82, 2.24) is 10.2 Å². The number of carbonyl (C=O) groups is 1. The number of carbonyl (C=O) groups excluding carboxylic acids is 1. The van der Waals surface area contributed by atoms with Crippen LogP contribution in [0.3, 0.4) is 0 Å². The highest BCUT2D eigenvalue weighted by atomic mass is 16.2. The summed E-state index contributed by atoms with van der Waals surface area (Å²) in [6, 6.07) is 2.19. The van der Waals surface area contributed by atoms with Crippen molar-refractivity contribution in [2.75, 3.05) is 26.2 Å². The number of hydrogen-bond donors (Lipinski definition) is 1. The van der Waals surface area contributed by atoms with E-state index in [0.29, 0.717) is 25.4 Å². The maximum absolute atomic E-state index is 12.1. The van der Waals surface area contributed by atoms with E-state index in [1.54, 1.807) is 0 Å². The van der Waals surface area contributed by atoms with Crippen LogP contribution in [0.5, 0.6) is 0 Å². The Balaban J connectivity index is 2.30. The Labute approximate surface area is 110 Å². The Morgan fingerprint density at radius 1 is 1.50 bits per heavy atom. The Bertz CT molecular complexity index is 292. The molecule has 0 bridgehead atoms. The van der Waals surface area contributed by atoms with Gasteiger partial charge in [-0.3, -0.25) is 4.79 Å². The lowest BCUT2D eigenvalue weighted by atomic mass is 9.93. The van der Waals surface area contributed by atoms with Gasteiger partial charge in [0, 0.05) is 19.5 Å². The molecule has 0 aliphatic carbocycles. The molecule has 1 N–H and O–H groups in total. The number of rotatable bonds is 6. The van der Waals surface area contributed by atoms with Crippen LogP contribution >= 0.6 is 0 Å². The van der Waals surface area contributed by atoms with Crippen LogP contribution in [0.2, 0.25) is 0 Å². The minimum absolute atomic E-state index is 0.0761. The molecule has 1 heterocycles. The van der Waals surface area contributed by atoms with Gasteiger partial charge in [-0.2, -0.15) is 5.26 Å². The maximum Gasteiger partial charge on any atom is 0.222 e. The molecule has 1 rings (SSSR count). The second kappa shape index (κ2) is 8.10. The van der Waals surface area contributed by atoms with Crippen LogP contribution in [-0.4, -0.2) is 37.0 Å². The van der Waals surface area contributed by atoms with Crippen molar-refractivity contribution < 1.29 is 4.79 Å². The molecule has 0 aromatic carbocycles. The van der Waals surface area contributed by atoms with Gasteiger partial charge in [-0.25, -0.2) is 0 Å². The van der Waals surface area contributed by atoms with E-state index in [1.165, 1.54) is 12.8 Å². The summed E-state index contributed by atoms with van der Waals surface area (Å²) >= 11 is 0. The molecule has 4 heteroatoms. The van der Waals surface area contributed by atoms with E-state index in [9.17, 15) is 4.79 Å². The predicted molar refractivity (Wildman–Crippen MR) is 71.9 cm³/mol. The molecule has 1 aliphatic rings. The number of amides is 1. The molecule has 0 saturated carbocycles. The molecule has 1 aliphatic heterocycles. The maximum atomic E-state index is 12.1. The van der Waals surface area contributed by atoms with Crippen molar-refractivity contribution in [1.29, 1.82) is 5.26 Å². The molecular weight excluding hydrogens is 226 g/mol. The molecule has 18 heavy (non-hydrogen) atoms. The van der Waals surface area contributed by atoms with E-state index < -0.39 is 0 Å². The van der Waals surface area contributed by atoms with Crippen molar-refractivity contribution in [3.63, 3.8) is 0 Å². The van der Waals surface area contributed by atoms with Gasteiger partial charge in [0.25, 0.3) is 0 Å². The third-order valence-electron chi connectivity index (χ3n) is 3.67. The fourth-order valence-electron chi connectivity index (χ4n) is 2.43. The van der Waals surface area contributed by atoms with Crippen LogP contribution in [0.15, 0.2) is 0 Å². The van der Waals surface area contributed by atoms with Gasteiger partial charge in [-0.15, -0.1) is 0 Å². The molecule has 1 unspecified atom stereocenters. The molecule has 0 radical (unpaired) electrons. The molecule has 4 nitrogen and oxygen atoms in total. The Morgan fingerprint density at radius 2 is 2.17 bits per heavy atom. The second-order valence-corrected chi connectivity index (χ2v) is 5.19. The Morgan fingerprint density at radius 3 is 2.72 bits per heavy atom. The highest BCUT2D eigenvalue weighted by Gasteiger charge is 2.18. The summed E-state index contributed by atoms with van der Waals surface area (Å²) < 4.78 is 0. The minimum Gasteiger partial charge on any atom is -0.342 e. The molecule has 102 valence electrons. The van der Waals surface area contributed by atoms with Gasteiger partial charge in [0.15, 0.2) is 0 Å². The zero-order valence-corrected chi connectivity index (χ0v) is 11.6. The Hall–Kier alpha value is -1.08. The van der Waals surface area contributed by atoms with E-state index in [-0.39, 0.29) is 11.8 Å². The summed E-state index contributed by atoms with van der Waals surface area (Å²) in [5, 5.41) is 12.1. The first kappa shape index (κ1) is 15.0. The normalized spacial score (nSPS) is 18.1. The summed E-state index contributed by atoms with van der Waals surface area (Å²) in [7, 11) is 0. The van der Waals surface area contributed by atoms with Gasteiger partial charge in [0.1, 0.15) is 0 Å². The fourth-order valence-corrected chi connectivity index (χ4v) is 2.43. The fraction of sp³-hybridized carbons (Fsp3) is 0.857. The van der Waals surface area contributed by atoms with Gasteiger partial charge < -0.3 is 10.2 Å². The minimum atomic E-state index is -0.0761. The average Bonchev–Trinajstić information content (AvgIpc) is 2.42. The third kappa shape index (κ3) is 5.05. The van der Waals surface area contributed by atoms with Crippen molar-refractivity contribution in [3.8, 4) is 6.07 Å². The van der Waals surface area contributed by atoms with Crippen molar-refractivity contribution >= 4 is 5.91 Å². The van der Waals surface area contributed by atoms with Crippen LogP contribution in [0, 0.1) is 23.2 Å². The predicted octanol–water partition coefficient (Wildman–Crippen LogP) is 1.77. The lowest BCUT2D eigenvalue weighted by Gasteiger charge is -2.25. The quantitative estimate of drug-likeness (QED) is 0.783. The summed E-state index contributed by atoms with van der Waals surface area (Å²) in [4.78, 5) is 13.9. The van der Waals surface area contributed by atoms with Crippen LogP contribution in [0.1, 0.15) is 39.5 Å². The topological polar surface area (TPSA) is 56.1 Å². The van der Waals surface area contributed by atoms with E-state index in [4.69, 9.17) is 5.26 Å². The first-order valence-electron chi connectivity index (χ1n) is 7.05. The average molecular weight is 251 g/mol. The second-order valence-electron chi connectivity index (χ2n) is 5.19. The summed E-state index contributed by atoms with van der Waals surface area (Å²) in [6.07, 6.45) is 4.01. The summed E-state index contributed by atoms with van der Waals surface area (Å²) in [6.45, 7) is 7.29. The van der Waals surface area contributed by atoms with Gasteiger partial charge in [-0.05, 0) is 52.1 Å². The van der Waals surface area contributed by atoms with Crippen LogP contribution in [-0.2, 0) is 4.79 Å². The van der Waals surface area contributed by atoms with Gasteiger partial charge in [-0.1, -0.05) is 0 Å². The molecule has 1 fully saturated rings. The van der Waals surface area contributed by atoms with Gasteiger partial charge in [0.05, 0.1) is 12.0 Å².